The summed E-state index contributed by atoms with van der Waals surface area (Å²) in [6.45, 7) is 6.73. The van der Waals surface area contributed by atoms with E-state index in [1.54, 1.807) is 0 Å². The molecule has 0 aliphatic carbocycles. The molecular formula is C13H19ClN2. The van der Waals surface area contributed by atoms with Gasteiger partial charge in [-0.3, -0.25) is 4.90 Å². The molecule has 0 aromatic heterocycles. The van der Waals surface area contributed by atoms with Crippen LogP contribution in [0.5, 0.6) is 0 Å². The van der Waals surface area contributed by atoms with Crippen molar-refractivity contribution in [3.8, 4) is 0 Å². The molecule has 3 heteroatoms. The first-order valence-corrected chi connectivity index (χ1v) is 6.33. The monoisotopic (exact) mass is 238 g/mol. The van der Waals surface area contributed by atoms with Gasteiger partial charge in [-0.2, -0.15) is 0 Å². The van der Waals surface area contributed by atoms with Crippen molar-refractivity contribution in [2.24, 2.45) is 0 Å². The Morgan fingerprint density at radius 1 is 1.44 bits per heavy atom. The third kappa shape index (κ3) is 2.97. The Bertz CT molecular complexity index is 340. The summed E-state index contributed by atoms with van der Waals surface area (Å²) in [4.78, 5) is 2.53. The first-order valence-electron chi connectivity index (χ1n) is 5.95. The van der Waals surface area contributed by atoms with Crippen molar-refractivity contribution < 1.29 is 0 Å². The highest BCUT2D eigenvalue weighted by atomic mass is 35.5. The number of piperazine rings is 1. The zero-order valence-corrected chi connectivity index (χ0v) is 10.5. The summed E-state index contributed by atoms with van der Waals surface area (Å²) in [5.41, 5.74) is 1.26. The molecule has 16 heavy (non-hydrogen) atoms. The lowest BCUT2D eigenvalue weighted by Crippen LogP contribution is -2.50. The van der Waals surface area contributed by atoms with Crippen molar-refractivity contribution in [1.82, 2.24) is 10.2 Å². The molecule has 2 rings (SSSR count). The molecule has 0 spiro atoms. The number of hydrogen-bond donors (Lipinski definition) is 1. The van der Waals surface area contributed by atoms with Gasteiger partial charge in [0.2, 0.25) is 0 Å². The second-order valence-electron chi connectivity index (χ2n) is 4.43. The number of halogens is 1. The van der Waals surface area contributed by atoms with Crippen molar-refractivity contribution in [2.45, 2.75) is 19.4 Å². The Hall–Kier alpha value is -0.570. The van der Waals surface area contributed by atoms with E-state index in [-0.39, 0.29) is 0 Å². The first-order chi connectivity index (χ1) is 7.77. The molecule has 1 N–H and O–H groups in total. The van der Waals surface area contributed by atoms with Gasteiger partial charge in [-0.15, -0.1) is 0 Å². The maximum atomic E-state index is 6.15. The quantitative estimate of drug-likeness (QED) is 0.869. The largest absolute Gasteiger partial charge is 0.314 e. The van der Waals surface area contributed by atoms with Gasteiger partial charge in [0.15, 0.2) is 0 Å². The summed E-state index contributed by atoms with van der Waals surface area (Å²) in [7, 11) is 0. The molecule has 0 amide bonds. The molecule has 1 fully saturated rings. The number of nitrogens with zero attached hydrogens (tertiary/aromatic N) is 1. The summed E-state index contributed by atoms with van der Waals surface area (Å²) in [6.07, 6.45) is 1.05. The van der Waals surface area contributed by atoms with E-state index in [1.165, 1.54) is 5.56 Å². The molecule has 1 heterocycles. The number of hydrogen-bond acceptors (Lipinski definition) is 2. The SMILES string of the molecule is CC1CNCCN1CCc1ccccc1Cl. The number of rotatable bonds is 3. The van der Waals surface area contributed by atoms with Gasteiger partial charge in [0.25, 0.3) is 0 Å². The van der Waals surface area contributed by atoms with Crippen LogP contribution in [-0.4, -0.2) is 37.1 Å². The maximum absolute atomic E-state index is 6.15. The molecule has 0 radical (unpaired) electrons. The van der Waals surface area contributed by atoms with Crippen molar-refractivity contribution in [3.05, 3.63) is 34.9 Å². The van der Waals surface area contributed by atoms with E-state index in [0.717, 1.165) is 37.6 Å². The van der Waals surface area contributed by atoms with Gasteiger partial charge in [-0.1, -0.05) is 29.8 Å². The lowest BCUT2D eigenvalue weighted by Gasteiger charge is -2.33. The summed E-state index contributed by atoms with van der Waals surface area (Å²) >= 11 is 6.15. The van der Waals surface area contributed by atoms with E-state index in [1.807, 2.05) is 12.1 Å². The van der Waals surface area contributed by atoms with E-state index in [0.29, 0.717) is 6.04 Å². The fourth-order valence-corrected chi connectivity index (χ4v) is 2.41. The molecule has 0 bridgehead atoms. The van der Waals surface area contributed by atoms with Gasteiger partial charge in [0.05, 0.1) is 0 Å². The molecule has 1 aliphatic rings. The second kappa shape index (κ2) is 5.67. The zero-order chi connectivity index (χ0) is 11.4. The fraction of sp³-hybridized carbons (Fsp3) is 0.538. The first kappa shape index (κ1) is 11.9. The summed E-state index contributed by atoms with van der Waals surface area (Å²) < 4.78 is 0. The van der Waals surface area contributed by atoms with Gasteiger partial charge >= 0.3 is 0 Å². The van der Waals surface area contributed by atoms with Crippen LogP contribution in [0.1, 0.15) is 12.5 Å². The molecule has 1 aromatic carbocycles. The third-order valence-corrected chi connectivity index (χ3v) is 3.63. The van der Waals surface area contributed by atoms with Gasteiger partial charge < -0.3 is 5.32 Å². The standard InChI is InChI=1S/C13H19ClN2/c1-11-10-15-7-9-16(11)8-6-12-4-2-3-5-13(12)14/h2-5,11,15H,6-10H2,1H3. The Labute approximate surface area is 103 Å². The van der Waals surface area contributed by atoms with Crippen molar-refractivity contribution in [3.63, 3.8) is 0 Å². The van der Waals surface area contributed by atoms with E-state index in [9.17, 15) is 0 Å². The van der Waals surface area contributed by atoms with Crippen LogP contribution >= 0.6 is 11.6 Å². The third-order valence-electron chi connectivity index (χ3n) is 3.27. The van der Waals surface area contributed by atoms with E-state index >= 15 is 0 Å². The summed E-state index contributed by atoms with van der Waals surface area (Å²) in [5, 5.41) is 4.30. The highest BCUT2D eigenvalue weighted by molar-refractivity contribution is 6.31. The Balaban J connectivity index is 1.89. The Morgan fingerprint density at radius 2 is 2.25 bits per heavy atom. The molecule has 1 unspecified atom stereocenters. The highest BCUT2D eigenvalue weighted by Gasteiger charge is 2.17. The molecule has 1 atom stereocenters. The molecular weight excluding hydrogens is 220 g/mol. The van der Waals surface area contributed by atoms with Crippen LogP contribution in [0, 0.1) is 0 Å². The minimum atomic E-state index is 0.635. The molecule has 2 nitrogen and oxygen atoms in total. The molecule has 1 aromatic rings. The van der Waals surface area contributed by atoms with Crippen molar-refractivity contribution in [2.75, 3.05) is 26.2 Å². The van der Waals surface area contributed by atoms with Crippen LogP contribution < -0.4 is 5.32 Å². The van der Waals surface area contributed by atoms with Crippen LogP contribution in [-0.2, 0) is 6.42 Å². The average Bonchev–Trinajstić information content (AvgIpc) is 2.30. The second-order valence-corrected chi connectivity index (χ2v) is 4.84. The predicted octanol–water partition coefficient (Wildman–Crippen LogP) is 2.18. The highest BCUT2D eigenvalue weighted by Crippen LogP contribution is 2.16. The van der Waals surface area contributed by atoms with Crippen LogP contribution in [0.2, 0.25) is 5.02 Å². The minimum absolute atomic E-state index is 0.635. The molecule has 1 saturated heterocycles. The van der Waals surface area contributed by atoms with Crippen LogP contribution in [0.25, 0.3) is 0 Å². The normalized spacial score (nSPS) is 22.2. The number of benzene rings is 1. The Kier molecular flexibility index (Phi) is 4.22. The van der Waals surface area contributed by atoms with Gasteiger partial charge in [0, 0.05) is 37.2 Å². The van der Waals surface area contributed by atoms with E-state index in [4.69, 9.17) is 11.6 Å². The van der Waals surface area contributed by atoms with Gasteiger partial charge in [0.1, 0.15) is 0 Å². The lowest BCUT2D eigenvalue weighted by atomic mass is 10.1. The van der Waals surface area contributed by atoms with Crippen LogP contribution in [0.3, 0.4) is 0 Å². The topological polar surface area (TPSA) is 15.3 Å². The predicted molar refractivity (Wildman–Crippen MR) is 69.1 cm³/mol. The fourth-order valence-electron chi connectivity index (χ4n) is 2.18. The zero-order valence-electron chi connectivity index (χ0n) is 9.75. The van der Waals surface area contributed by atoms with Crippen LogP contribution in [0.15, 0.2) is 24.3 Å². The number of nitrogens with one attached hydrogen (secondary N) is 1. The van der Waals surface area contributed by atoms with Crippen molar-refractivity contribution >= 4 is 11.6 Å². The molecule has 1 aliphatic heterocycles. The lowest BCUT2D eigenvalue weighted by molar-refractivity contribution is 0.176. The Morgan fingerprint density at radius 3 is 3.00 bits per heavy atom. The summed E-state index contributed by atoms with van der Waals surface area (Å²) in [6, 6.07) is 8.77. The minimum Gasteiger partial charge on any atom is -0.314 e. The van der Waals surface area contributed by atoms with E-state index < -0.39 is 0 Å². The average molecular weight is 239 g/mol. The van der Waals surface area contributed by atoms with Crippen molar-refractivity contribution in [1.29, 1.82) is 0 Å². The van der Waals surface area contributed by atoms with Gasteiger partial charge in [-0.05, 0) is 25.0 Å². The van der Waals surface area contributed by atoms with Crippen LogP contribution in [0.4, 0.5) is 0 Å². The molecule has 88 valence electrons. The van der Waals surface area contributed by atoms with E-state index in [2.05, 4.69) is 29.3 Å². The smallest absolute Gasteiger partial charge is 0.0438 e. The summed E-state index contributed by atoms with van der Waals surface area (Å²) in [5.74, 6) is 0. The maximum Gasteiger partial charge on any atom is 0.0438 e. The molecule has 0 saturated carbocycles. The van der Waals surface area contributed by atoms with Gasteiger partial charge in [-0.25, -0.2) is 0 Å².